The number of amides is 1. The first-order valence-corrected chi connectivity index (χ1v) is 10.1. The van der Waals surface area contributed by atoms with Crippen LogP contribution in [-0.4, -0.2) is 46.4 Å². The summed E-state index contributed by atoms with van der Waals surface area (Å²) in [6.45, 7) is 0.987. The van der Waals surface area contributed by atoms with Gasteiger partial charge in [0.25, 0.3) is 5.91 Å². The number of aromatic nitrogens is 1. The summed E-state index contributed by atoms with van der Waals surface area (Å²) in [5.74, 6) is -0.580. The average molecular weight is 397 g/mol. The molecule has 0 radical (unpaired) electrons. The second-order valence-electron chi connectivity index (χ2n) is 5.43. The zero-order valence-corrected chi connectivity index (χ0v) is 15.4. The van der Waals surface area contributed by atoms with Crippen LogP contribution in [0.5, 0.6) is 0 Å². The molecule has 1 saturated heterocycles. The van der Waals surface area contributed by atoms with Crippen LogP contribution in [0.15, 0.2) is 40.5 Å². The van der Waals surface area contributed by atoms with Crippen molar-refractivity contribution >= 4 is 38.9 Å². The molecule has 2 atom stereocenters. The van der Waals surface area contributed by atoms with Gasteiger partial charge in [0, 0.05) is 33.9 Å². The van der Waals surface area contributed by atoms with Crippen molar-refractivity contribution in [2.45, 2.75) is 17.4 Å². The number of anilines is 1. The Labute approximate surface area is 155 Å². The molecule has 1 fully saturated rings. The summed E-state index contributed by atoms with van der Waals surface area (Å²) in [7, 11) is -1.13. The van der Waals surface area contributed by atoms with E-state index in [2.05, 4.69) is 15.5 Å². The molecule has 10 heteroatoms. The third kappa shape index (κ3) is 4.71. The fraction of sp³-hybridized carbons (Fsp3) is 0.312. The lowest BCUT2D eigenvalue weighted by atomic mass is 10.1. The number of ether oxygens (including phenoxy) is 1. The van der Waals surface area contributed by atoms with E-state index >= 15 is 0 Å². The molecule has 0 bridgehead atoms. The average Bonchev–Trinajstić information content (AvgIpc) is 3.27. The fourth-order valence-corrected chi connectivity index (χ4v) is 3.28. The Morgan fingerprint density at radius 3 is 2.81 bits per heavy atom. The smallest absolute Gasteiger partial charge is 0.280 e. The van der Waals surface area contributed by atoms with E-state index in [0.717, 1.165) is 6.20 Å². The second-order valence-corrected chi connectivity index (χ2v) is 7.79. The number of carbonyl (C=O) groups excluding carboxylic acids is 1. The van der Waals surface area contributed by atoms with Crippen LogP contribution in [0.25, 0.3) is 0 Å². The van der Waals surface area contributed by atoms with E-state index in [4.69, 9.17) is 9.57 Å². The van der Waals surface area contributed by atoms with Crippen LogP contribution in [0.2, 0.25) is 0 Å². The highest BCUT2D eigenvalue weighted by Crippen LogP contribution is 2.17. The van der Waals surface area contributed by atoms with E-state index in [1.54, 1.807) is 30.5 Å². The summed E-state index contributed by atoms with van der Waals surface area (Å²) in [4.78, 5) is 22.4. The van der Waals surface area contributed by atoms with Crippen LogP contribution in [0.4, 0.5) is 9.52 Å². The van der Waals surface area contributed by atoms with Gasteiger partial charge in [0.15, 0.2) is 22.1 Å². The fourth-order valence-electron chi connectivity index (χ4n) is 2.22. The quantitative estimate of drug-likeness (QED) is 0.596. The predicted octanol–water partition coefficient (Wildman–Crippen LogP) is 2.17. The van der Waals surface area contributed by atoms with Crippen molar-refractivity contribution in [2.24, 2.45) is 5.16 Å². The summed E-state index contributed by atoms with van der Waals surface area (Å²) < 4.78 is 29.8. The molecule has 1 aliphatic rings. The Bertz CT molecular complexity index is 832. The third-order valence-electron chi connectivity index (χ3n) is 3.55. The summed E-state index contributed by atoms with van der Waals surface area (Å²) in [6.07, 6.45) is 3.05. The highest BCUT2D eigenvalue weighted by atomic mass is 32.2. The molecule has 1 aromatic carbocycles. The van der Waals surface area contributed by atoms with Gasteiger partial charge in [-0.1, -0.05) is 28.6 Å². The largest absolute Gasteiger partial charge is 0.389 e. The van der Waals surface area contributed by atoms with Gasteiger partial charge in [-0.15, -0.1) is 0 Å². The van der Waals surface area contributed by atoms with E-state index in [1.807, 2.05) is 0 Å². The molecule has 1 unspecified atom stereocenters. The molecule has 26 heavy (non-hydrogen) atoms. The minimum atomic E-state index is -1.13. The van der Waals surface area contributed by atoms with Crippen molar-refractivity contribution in [3.05, 3.63) is 41.2 Å². The normalized spacial score (nSPS) is 18.5. The molecule has 1 aliphatic heterocycles. The summed E-state index contributed by atoms with van der Waals surface area (Å²) >= 11 is 0.713. The van der Waals surface area contributed by atoms with Gasteiger partial charge in [0.1, 0.15) is 0 Å². The molecule has 1 amide bonds. The van der Waals surface area contributed by atoms with Crippen LogP contribution < -0.4 is 5.32 Å². The van der Waals surface area contributed by atoms with Crippen molar-refractivity contribution in [3.8, 4) is 0 Å². The Morgan fingerprint density at radius 1 is 1.46 bits per heavy atom. The lowest BCUT2D eigenvalue weighted by Crippen LogP contribution is -2.25. The SMILES string of the molecule is CS(=O)c1ccc(C(=NO[C@@H]2CCOC2)C(=O)Nc2ncc(F)s2)cc1. The van der Waals surface area contributed by atoms with Crippen LogP contribution in [0, 0.1) is 5.13 Å². The maximum absolute atomic E-state index is 13.1. The number of halogens is 1. The number of carbonyl (C=O) groups is 1. The van der Waals surface area contributed by atoms with E-state index in [0.29, 0.717) is 41.4 Å². The molecule has 1 aromatic heterocycles. The maximum Gasteiger partial charge on any atom is 0.280 e. The number of hydrogen-bond donors (Lipinski definition) is 1. The predicted molar refractivity (Wildman–Crippen MR) is 96.3 cm³/mol. The van der Waals surface area contributed by atoms with Crippen LogP contribution in [-0.2, 0) is 25.2 Å². The van der Waals surface area contributed by atoms with E-state index < -0.39 is 21.8 Å². The van der Waals surface area contributed by atoms with Gasteiger partial charge < -0.3 is 9.57 Å². The molecule has 3 rings (SSSR count). The number of nitrogens with zero attached hydrogens (tertiary/aromatic N) is 2. The Kier molecular flexibility index (Phi) is 6.07. The zero-order valence-electron chi connectivity index (χ0n) is 13.8. The van der Waals surface area contributed by atoms with Gasteiger partial charge in [0.05, 0.1) is 19.4 Å². The molecular formula is C16H16FN3O4S2. The number of nitrogens with one attached hydrogen (secondary N) is 1. The lowest BCUT2D eigenvalue weighted by molar-refractivity contribution is -0.110. The first-order valence-electron chi connectivity index (χ1n) is 7.71. The lowest BCUT2D eigenvalue weighted by Gasteiger charge is -2.10. The Hall–Kier alpha value is -2.17. The van der Waals surface area contributed by atoms with Crippen molar-refractivity contribution in [1.82, 2.24) is 4.98 Å². The molecule has 0 saturated carbocycles. The topological polar surface area (TPSA) is 89.9 Å². The first kappa shape index (κ1) is 18.6. The molecule has 2 aromatic rings. The van der Waals surface area contributed by atoms with Gasteiger partial charge in [-0.3, -0.25) is 14.3 Å². The van der Waals surface area contributed by atoms with Gasteiger partial charge in [0.2, 0.25) is 0 Å². The molecule has 2 heterocycles. The van der Waals surface area contributed by atoms with Gasteiger partial charge in [-0.2, -0.15) is 4.39 Å². The maximum atomic E-state index is 13.1. The molecule has 0 aliphatic carbocycles. The van der Waals surface area contributed by atoms with Gasteiger partial charge in [-0.05, 0) is 12.1 Å². The van der Waals surface area contributed by atoms with E-state index in [1.165, 1.54) is 0 Å². The number of thiazole rings is 1. The molecule has 1 N–H and O–H groups in total. The van der Waals surface area contributed by atoms with Crippen LogP contribution >= 0.6 is 11.3 Å². The van der Waals surface area contributed by atoms with Crippen molar-refractivity contribution in [3.63, 3.8) is 0 Å². The van der Waals surface area contributed by atoms with Crippen molar-refractivity contribution in [1.29, 1.82) is 0 Å². The van der Waals surface area contributed by atoms with Crippen LogP contribution in [0.3, 0.4) is 0 Å². The van der Waals surface area contributed by atoms with Gasteiger partial charge in [-0.25, -0.2) is 4.98 Å². The summed E-state index contributed by atoms with van der Waals surface area (Å²) in [6, 6.07) is 6.56. The number of hydrogen-bond acceptors (Lipinski definition) is 7. The number of oxime groups is 1. The highest BCUT2D eigenvalue weighted by Gasteiger charge is 2.21. The highest BCUT2D eigenvalue weighted by molar-refractivity contribution is 7.84. The Morgan fingerprint density at radius 2 is 2.23 bits per heavy atom. The molecular weight excluding hydrogens is 381 g/mol. The summed E-state index contributed by atoms with van der Waals surface area (Å²) in [5, 5.41) is 6.10. The molecule has 0 spiro atoms. The zero-order chi connectivity index (χ0) is 18.5. The number of benzene rings is 1. The van der Waals surface area contributed by atoms with E-state index in [9.17, 15) is 13.4 Å². The first-order chi connectivity index (χ1) is 12.5. The molecule has 138 valence electrons. The second kappa shape index (κ2) is 8.47. The minimum absolute atomic E-state index is 0.0148. The minimum Gasteiger partial charge on any atom is -0.389 e. The van der Waals surface area contributed by atoms with Crippen molar-refractivity contribution in [2.75, 3.05) is 24.8 Å². The van der Waals surface area contributed by atoms with E-state index in [-0.39, 0.29) is 16.9 Å². The van der Waals surface area contributed by atoms with Gasteiger partial charge >= 0.3 is 0 Å². The third-order valence-corrected chi connectivity index (χ3v) is 5.19. The Balaban J connectivity index is 1.83. The number of rotatable bonds is 6. The standard InChI is InChI=1S/C16H16FN3O4S2/c1-26(22)12-4-2-10(3-5-12)14(20-24-11-6-7-23-9-11)15(21)19-16-18-8-13(17)25-16/h2-5,8,11H,6-7,9H2,1H3,(H,18,19,21)/t11-,26?/m1/s1. The monoisotopic (exact) mass is 397 g/mol. The molecule has 7 nitrogen and oxygen atoms in total. The van der Waals surface area contributed by atoms with Crippen molar-refractivity contribution < 1.29 is 23.0 Å². The van der Waals surface area contributed by atoms with Crippen LogP contribution in [0.1, 0.15) is 12.0 Å². The summed E-state index contributed by atoms with van der Waals surface area (Å²) in [5.41, 5.74) is 0.494.